The van der Waals surface area contributed by atoms with Gasteiger partial charge in [0.2, 0.25) is 0 Å². The van der Waals surface area contributed by atoms with Crippen molar-refractivity contribution in [3.05, 3.63) is 79.0 Å². The molecule has 0 saturated carbocycles. The van der Waals surface area contributed by atoms with Crippen molar-refractivity contribution in [1.29, 1.82) is 0 Å². The minimum absolute atomic E-state index is 0.0258. The quantitative estimate of drug-likeness (QED) is 0.411. The van der Waals surface area contributed by atoms with Gasteiger partial charge in [-0.15, -0.1) is 11.3 Å². The molecule has 0 bridgehead atoms. The van der Waals surface area contributed by atoms with Crippen molar-refractivity contribution in [2.75, 3.05) is 26.2 Å². The Morgan fingerprint density at radius 3 is 2.68 bits per heavy atom. The SMILES string of the molecule is O=C(c1cc(Cn2cc([N+](=O)[O-])cn2)cs1)N1CCN(Cc2ccc(F)cc2Cl)CC1. The van der Waals surface area contributed by atoms with Crippen molar-refractivity contribution in [2.24, 2.45) is 0 Å². The van der Waals surface area contributed by atoms with Crippen LogP contribution in [0.1, 0.15) is 20.8 Å². The molecular weight excluding hydrogens is 445 g/mol. The first-order valence-electron chi connectivity index (χ1n) is 9.59. The first-order chi connectivity index (χ1) is 14.9. The molecule has 1 saturated heterocycles. The Kier molecular flexibility index (Phi) is 6.30. The lowest BCUT2D eigenvalue weighted by molar-refractivity contribution is -0.385. The van der Waals surface area contributed by atoms with Crippen LogP contribution in [0, 0.1) is 15.9 Å². The van der Waals surface area contributed by atoms with E-state index < -0.39 is 4.92 Å². The molecule has 1 amide bonds. The zero-order valence-corrected chi connectivity index (χ0v) is 18.0. The van der Waals surface area contributed by atoms with E-state index in [2.05, 4.69) is 10.00 Å². The number of halogens is 2. The maximum absolute atomic E-state index is 13.2. The molecule has 11 heteroatoms. The van der Waals surface area contributed by atoms with E-state index in [1.807, 2.05) is 16.3 Å². The van der Waals surface area contributed by atoms with Gasteiger partial charge in [-0.3, -0.25) is 24.5 Å². The Labute approximate surface area is 186 Å². The average molecular weight is 464 g/mol. The van der Waals surface area contributed by atoms with Crippen LogP contribution in [0.2, 0.25) is 5.02 Å². The first-order valence-corrected chi connectivity index (χ1v) is 10.8. The number of hydrogen-bond acceptors (Lipinski definition) is 6. The molecule has 31 heavy (non-hydrogen) atoms. The molecule has 0 atom stereocenters. The van der Waals surface area contributed by atoms with Crippen LogP contribution in [0.5, 0.6) is 0 Å². The number of thiophene rings is 1. The van der Waals surface area contributed by atoms with Gasteiger partial charge in [-0.2, -0.15) is 5.10 Å². The molecule has 1 aromatic carbocycles. The second-order valence-electron chi connectivity index (χ2n) is 7.28. The predicted octanol–water partition coefficient (Wildman–Crippen LogP) is 3.65. The van der Waals surface area contributed by atoms with E-state index in [1.54, 1.807) is 6.07 Å². The highest BCUT2D eigenvalue weighted by molar-refractivity contribution is 7.12. The molecule has 1 aliphatic rings. The van der Waals surface area contributed by atoms with Crippen molar-refractivity contribution in [2.45, 2.75) is 13.1 Å². The molecule has 2 aromatic heterocycles. The van der Waals surface area contributed by atoms with Gasteiger partial charge in [0.25, 0.3) is 5.91 Å². The summed E-state index contributed by atoms with van der Waals surface area (Å²) in [5, 5.41) is 17.0. The lowest BCUT2D eigenvalue weighted by atomic mass is 10.2. The molecule has 4 rings (SSSR count). The normalized spacial score (nSPS) is 14.7. The summed E-state index contributed by atoms with van der Waals surface area (Å²) in [5.74, 6) is -0.382. The van der Waals surface area contributed by atoms with Gasteiger partial charge in [0.05, 0.1) is 16.3 Å². The number of hydrogen-bond donors (Lipinski definition) is 0. The highest BCUT2D eigenvalue weighted by atomic mass is 35.5. The number of carbonyl (C=O) groups excluding carboxylic acids is 1. The molecule has 0 spiro atoms. The van der Waals surface area contributed by atoms with E-state index in [4.69, 9.17) is 11.6 Å². The summed E-state index contributed by atoms with van der Waals surface area (Å²) in [6.07, 6.45) is 2.57. The minimum Gasteiger partial charge on any atom is -0.335 e. The monoisotopic (exact) mass is 463 g/mol. The molecule has 0 aliphatic carbocycles. The standard InChI is InChI=1S/C20H19ClFN5O3S/c21-18-8-16(22)2-1-15(18)11-24-3-5-25(6-4-24)20(28)19-7-14(13-31-19)10-26-12-17(9-23-26)27(29)30/h1-2,7-9,12-13H,3-6,10-11H2. The van der Waals surface area contributed by atoms with Crippen molar-refractivity contribution < 1.29 is 14.1 Å². The number of benzene rings is 1. The molecule has 3 aromatic rings. The minimum atomic E-state index is -0.490. The summed E-state index contributed by atoms with van der Waals surface area (Å²) in [6.45, 7) is 3.57. The van der Waals surface area contributed by atoms with Gasteiger partial charge in [0, 0.05) is 37.7 Å². The molecule has 3 heterocycles. The Balaban J connectivity index is 1.32. The molecule has 8 nitrogen and oxygen atoms in total. The van der Waals surface area contributed by atoms with E-state index in [1.165, 1.54) is 40.5 Å². The van der Waals surface area contributed by atoms with Crippen LogP contribution in [-0.4, -0.2) is 56.6 Å². The highest BCUT2D eigenvalue weighted by Gasteiger charge is 2.24. The number of nitro groups is 1. The number of aromatic nitrogens is 2. The number of amides is 1. The first kappa shape index (κ1) is 21.4. The second kappa shape index (κ2) is 9.13. The van der Waals surface area contributed by atoms with Crippen LogP contribution >= 0.6 is 22.9 Å². The maximum Gasteiger partial charge on any atom is 0.307 e. The maximum atomic E-state index is 13.2. The topological polar surface area (TPSA) is 84.5 Å². The lowest BCUT2D eigenvalue weighted by Gasteiger charge is -2.34. The molecular formula is C20H19ClFN5O3S. The third kappa shape index (κ3) is 5.09. The van der Waals surface area contributed by atoms with Crippen LogP contribution in [0.4, 0.5) is 10.1 Å². The van der Waals surface area contributed by atoms with Crippen molar-refractivity contribution >= 4 is 34.5 Å². The average Bonchev–Trinajstić information content (AvgIpc) is 3.40. The third-order valence-electron chi connectivity index (χ3n) is 5.11. The summed E-state index contributed by atoms with van der Waals surface area (Å²) in [7, 11) is 0. The van der Waals surface area contributed by atoms with Gasteiger partial charge in [-0.05, 0) is 34.7 Å². The molecule has 162 valence electrons. The van der Waals surface area contributed by atoms with Crippen LogP contribution in [0.25, 0.3) is 0 Å². The van der Waals surface area contributed by atoms with E-state index in [0.717, 1.165) is 11.1 Å². The second-order valence-corrected chi connectivity index (χ2v) is 8.59. The smallest absolute Gasteiger partial charge is 0.307 e. The van der Waals surface area contributed by atoms with E-state index in [9.17, 15) is 19.3 Å². The van der Waals surface area contributed by atoms with E-state index >= 15 is 0 Å². The summed E-state index contributed by atoms with van der Waals surface area (Å²) in [4.78, 5) is 27.8. The Bertz CT molecular complexity index is 1110. The fraction of sp³-hybridized carbons (Fsp3) is 0.300. The summed E-state index contributed by atoms with van der Waals surface area (Å²) in [6, 6.07) is 6.21. The van der Waals surface area contributed by atoms with E-state index in [0.29, 0.717) is 49.2 Å². The van der Waals surface area contributed by atoms with Gasteiger partial charge in [0.15, 0.2) is 0 Å². The van der Waals surface area contributed by atoms with Crippen LogP contribution in [-0.2, 0) is 13.1 Å². The van der Waals surface area contributed by atoms with Gasteiger partial charge >= 0.3 is 5.69 Å². The molecule has 1 aliphatic heterocycles. The van der Waals surface area contributed by atoms with Crippen molar-refractivity contribution in [3.63, 3.8) is 0 Å². The zero-order chi connectivity index (χ0) is 22.0. The largest absolute Gasteiger partial charge is 0.335 e. The van der Waals surface area contributed by atoms with Gasteiger partial charge in [0.1, 0.15) is 18.2 Å². The number of rotatable bonds is 6. The van der Waals surface area contributed by atoms with Crippen molar-refractivity contribution in [3.8, 4) is 0 Å². The van der Waals surface area contributed by atoms with Crippen LogP contribution in [0.3, 0.4) is 0 Å². The van der Waals surface area contributed by atoms with E-state index in [-0.39, 0.29) is 17.4 Å². The Morgan fingerprint density at radius 1 is 1.23 bits per heavy atom. The van der Waals surface area contributed by atoms with Gasteiger partial charge in [-0.25, -0.2) is 4.39 Å². The predicted molar refractivity (Wildman–Crippen MR) is 115 cm³/mol. The fourth-order valence-electron chi connectivity index (χ4n) is 3.45. The highest BCUT2D eigenvalue weighted by Crippen LogP contribution is 2.22. The number of carbonyl (C=O) groups is 1. The Morgan fingerprint density at radius 2 is 2.00 bits per heavy atom. The Hall–Kier alpha value is -2.82. The fourth-order valence-corrected chi connectivity index (χ4v) is 4.54. The molecule has 1 fully saturated rings. The van der Waals surface area contributed by atoms with Gasteiger partial charge in [-0.1, -0.05) is 17.7 Å². The van der Waals surface area contributed by atoms with Crippen molar-refractivity contribution in [1.82, 2.24) is 19.6 Å². The lowest BCUT2D eigenvalue weighted by Crippen LogP contribution is -2.48. The third-order valence-corrected chi connectivity index (χ3v) is 6.43. The summed E-state index contributed by atoms with van der Waals surface area (Å²) < 4.78 is 14.7. The number of piperazine rings is 1. The van der Waals surface area contributed by atoms with Crippen LogP contribution < -0.4 is 0 Å². The van der Waals surface area contributed by atoms with Gasteiger partial charge < -0.3 is 4.90 Å². The molecule has 0 unspecified atom stereocenters. The zero-order valence-electron chi connectivity index (χ0n) is 16.4. The summed E-state index contributed by atoms with van der Waals surface area (Å²) in [5.41, 5.74) is 1.67. The summed E-state index contributed by atoms with van der Waals surface area (Å²) >= 11 is 7.47. The molecule has 0 radical (unpaired) electrons. The molecule has 0 N–H and O–H groups in total. The number of nitrogens with zero attached hydrogens (tertiary/aromatic N) is 5. The van der Waals surface area contributed by atoms with Crippen LogP contribution in [0.15, 0.2) is 42.0 Å².